The third-order valence-electron chi connectivity index (χ3n) is 1.21. The van der Waals surface area contributed by atoms with E-state index >= 15 is 0 Å². The molecule has 0 aromatic heterocycles. The van der Waals surface area contributed by atoms with Crippen molar-refractivity contribution in [1.29, 1.82) is 0 Å². The van der Waals surface area contributed by atoms with Crippen LogP contribution in [0.2, 0.25) is 0 Å². The van der Waals surface area contributed by atoms with E-state index in [2.05, 4.69) is 11.6 Å². The first-order valence-corrected chi connectivity index (χ1v) is 4.38. The summed E-state index contributed by atoms with van der Waals surface area (Å²) in [6.07, 6.45) is 4.27. The summed E-state index contributed by atoms with van der Waals surface area (Å²) in [4.78, 5) is 4.24. The number of hydrogen-bond donors (Lipinski definition) is 1. The van der Waals surface area contributed by atoms with E-state index in [-0.39, 0.29) is 0 Å². The van der Waals surface area contributed by atoms with Gasteiger partial charge in [0, 0.05) is 5.75 Å². The molecule has 1 aliphatic carbocycles. The molecule has 0 amide bonds. The lowest BCUT2D eigenvalue weighted by atomic mass is 10.8. The highest BCUT2D eigenvalue weighted by atomic mass is 32.2. The van der Waals surface area contributed by atoms with Crippen LogP contribution in [0.1, 0.15) is 12.8 Å². The molecule has 1 aliphatic rings. The van der Waals surface area contributed by atoms with Gasteiger partial charge in [-0.3, -0.25) is 4.99 Å². The predicted molar refractivity (Wildman–Crippen MR) is 47.3 cm³/mol. The summed E-state index contributed by atoms with van der Waals surface area (Å²) in [6.45, 7) is 3.60. The molecule has 3 heteroatoms. The molecule has 2 nitrogen and oxygen atoms in total. The first-order valence-electron chi connectivity index (χ1n) is 3.40. The van der Waals surface area contributed by atoms with Gasteiger partial charge in [0.05, 0.1) is 6.04 Å². The molecule has 10 heavy (non-hydrogen) atoms. The van der Waals surface area contributed by atoms with E-state index < -0.39 is 0 Å². The summed E-state index contributed by atoms with van der Waals surface area (Å²) >= 11 is 1.55. The fraction of sp³-hybridized carbons (Fsp3) is 0.571. The zero-order valence-electron chi connectivity index (χ0n) is 5.92. The molecule has 0 unspecified atom stereocenters. The van der Waals surface area contributed by atoms with Gasteiger partial charge in [-0.25, -0.2) is 0 Å². The number of hydrogen-bond acceptors (Lipinski definition) is 2. The van der Waals surface area contributed by atoms with Crippen LogP contribution in [0.3, 0.4) is 0 Å². The summed E-state index contributed by atoms with van der Waals surface area (Å²) in [6, 6.07) is 0.539. The van der Waals surface area contributed by atoms with Gasteiger partial charge < -0.3 is 5.73 Å². The van der Waals surface area contributed by atoms with E-state index in [9.17, 15) is 0 Å². The molecule has 0 aromatic carbocycles. The van der Waals surface area contributed by atoms with E-state index in [1.165, 1.54) is 12.8 Å². The van der Waals surface area contributed by atoms with E-state index in [4.69, 9.17) is 5.73 Å². The predicted octanol–water partition coefficient (Wildman–Crippen LogP) is 1.38. The van der Waals surface area contributed by atoms with Crippen molar-refractivity contribution in [1.82, 2.24) is 0 Å². The fourth-order valence-electron chi connectivity index (χ4n) is 0.565. The van der Waals surface area contributed by atoms with Crippen LogP contribution in [-0.2, 0) is 0 Å². The molecule has 2 N–H and O–H groups in total. The second kappa shape index (κ2) is 3.66. The van der Waals surface area contributed by atoms with E-state index in [1.54, 1.807) is 11.8 Å². The summed E-state index contributed by atoms with van der Waals surface area (Å²) in [7, 11) is 0. The van der Waals surface area contributed by atoms with Crippen LogP contribution < -0.4 is 5.73 Å². The van der Waals surface area contributed by atoms with Crippen LogP contribution in [-0.4, -0.2) is 17.0 Å². The Balaban J connectivity index is 2.17. The largest absolute Gasteiger partial charge is 0.379 e. The average Bonchev–Trinajstić information content (AvgIpc) is 2.67. The Morgan fingerprint density at radius 3 is 3.00 bits per heavy atom. The summed E-state index contributed by atoms with van der Waals surface area (Å²) < 4.78 is 0. The van der Waals surface area contributed by atoms with Crippen molar-refractivity contribution in [2.75, 3.05) is 5.75 Å². The third-order valence-corrected chi connectivity index (χ3v) is 2.01. The van der Waals surface area contributed by atoms with Gasteiger partial charge in [-0.15, -0.1) is 6.58 Å². The Kier molecular flexibility index (Phi) is 2.81. The van der Waals surface area contributed by atoms with Crippen LogP contribution in [0.25, 0.3) is 0 Å². The zero-order chi connectivity index (χ0) is 7.40. The van der Waals surface area contributed by atoms with Crippen molar-refractivity contribution in [2.45, 2.75) is 18.9 Å². The highest BCUT2D eigenvalue weighted by Gasteiger charge is 2.20. The van der Waals surface area contributed by atoms with Crippen molar-refractivity contribution in [3.63, 3.8) is 0 Å². The second-order valence-corrected chi connectivity index (χ2v) is 3.34. The van der Waals surface area contributed by atoms with Crippen LogP contribution in [0.4, 0.5) is 0 Å². The minimum Gasteiger partial charge on any atom is -0.379 e. The minimum absolute atomic E-state index is 0.539. The van der Waals surface area contributed by atoms with Gasteiger partial charge in [-0.1, -0.05) is 17.8 Å². The normalized spacial score (nSPS) is 19.0. The van der Waals surface area contributed by atoms with Gasteiger partial charge in [0.2, 0.25) is 0 Å². The summed E-state index contributed by atoms with van der Waals surface area (Å²) in [5, 5.41) is 0.711. The van der Waals surface area contributed by atoms with Crippen molar-refractivity contribution >= 4 is 16.9 Å². The van der Waals surface area contributed by atoms with Crippen molar-refractivity contribution in [3.8, 4) is 0 Å². The summed E-state index contributed by atoms with van der Waals surface area (Å²) in [5.74, 6) is 0.863. The Hall–Kier alpha value is -0.440. The maximum absolute atomic E-state index is 5.57. The molecule has 0 saturated heterocycles. The van der Waals surface area contributed by atoms with Crippen LogP contribution in [0.15, 0.2) is 17.6 Å². The average molecular weight is 156 g/mol. The Morgan fingerprint density at radius 2 is 2.50 bits per heavy atom. The van der Waals surface area contributed by atoms with Crippen molar-refractivity contribution < 1.29 is 0 Å². The van der Waals surface area contributed by atoms with Gasteiger partial charge in [-0.2, -0.15) is 0 Å². The monoisotopic (exact) mass is 156 g/mol. The highest BCUT2D eigenvalue weighted by Crippen LogP contribution is 2.24. The van der Waals surface area contributed by atoms with Crippen molar-refractivity contribution in [3.05, 3.63) is 12.7 Å². The maximum Gasteiger partial charge on any atom is 0.154 e. The standard InChI is InChI=1S/C7H12N2S/c1-2-5-10-7(8)9-6-3-4-6/h2,6H,1,3-5H2,(H2,8,9). The molecule has 0 spiro atoms. The maximum atomic E-state index is 5.57. The Morgan fingerprint density at radius 1 is 1.80 bits per heavy atom. The Bertz CT molecular complexity index is 150. The highest BCUT2D eigenvalue weighted by molar-refractivity contribution is 8.13. The molecule has 0 heterocycles. The number of nitrogens with two attached hydrogens (primary N) is 1. The molecule has 0 atom stereocenters. The van der Waals surface area contributed by atoms with E-state index in [0.717, 1.165) is 5.75 Å². The van der Waals surface area contributed by atoms with Gasteiger partial charge in [0.25, 0.3) is 0 Å². The quantitative estimate of drug-likeness (QED) is 0.381. The SMILES string of the molecule is C=CCSC(N)=NC1CC1. The molecule has 0 aliphatic heterocycles. The molecule has 0 aromatic rings. The second-order valence-electron chi connectivity index (χ2n) is 2.30. The lowest BCUT2D eigenvalue weighted by Gasteiger charge is -1.94. The first kappa shape index (κ1) is 7.66. The number of aliphatic imine (C=N–C) groups is 1. The molecular weight excluding hydrogens is 144 g/mol. The molecule has 1 fully saturated rings. The van der Waals surface area contributed by atoms with Gasteiger partial charge in [0.15, 0.2) is 5.17 Å². The van der Waals surface area contributed by atoms with Gasteiger partial charge in [-0.05, 0) is 12.8 Å². The van der Waals surface area contributed by atoms with Crippen LogP contribution in [0, 0.1) is 0 Å². The third kappa shape index (κ3) is 2.92. The minimum atomic E-state index is 0.539. The first-order chi connectivity index (χ1) is 4.83. The molecule has 1 saturated carbocycles. The number of rotatable bonds is 3. The van der Waals surface area contributed by atoms with Crippen LogP contribution >= 0.6 is 11.8 Å². The molecule has 56 valence electrons. The lowest BCUT2D eigenvalue weighted by molar-refractivity contribution is 1.07. The van der Waals surface area contributed by atoms with Crippen molar-refractivity contribution in [2.24, 2.45) is 10.7 Å². The lowest BCUT2D eigenvalue weighted by Crippen LogP contribution is -2.07. The number of amidine groups is 1. The molecule has 0 bridgehead atoms. The summed E-state index contributed by atoms with van der Waals surface area (Å²) in [5.41, 5.74) is 5.57. The fourth-order valence-corrected chi connectivity index (χ4v) is 1.08. The van der Waals surface area contributed by atoms with Gasteiger partial charge >= 0.3 is 0 Å². The number of nitrogens with zero attached hydrogens (tertiary/aromatic N) is 1. The van der Waals surface area contributed by atoms with Crippen LogP contribution in [0.5, 0.6) is 0 Å². The van der Waals surface area contributed by atoms with Gasteiger partial charge in [0.1, 0.15) is 0 Å². The smallest absolute Gasteiger partial charge is 0.154 e. The number of thioether (sulfide) groups is 1. The Labute approximate surface area is 65.6 Å². The zero-order valence-corrected chi connectivity index (χ0v) is 6.73. The van der Waals surface area contributed by atoms with E-state index in [1.807, 2.05) is 6.08 Å². The molecule has 0 radical (unpaired) electrons. The molecule has 1 rings (SSSR count). The van der Waals surface area contributed by atoms with E-state index in [0.29, 0.717) is 11.2 Å². The topological polar surface area (TPSA) is 38.4 Å². The molecular formula is C7H12N2S.